The van der Waals surface area contributed by atoms with Crippen molar-refractivity contribution in [3.8, 4) is 0 Å². The van der Waals surface area contributed by atoms with E-state index >= 15 is 0 Å². The van der Waals surface area contributed by atoms with E-state index in [1.807, 2.05) is 4.90 Å². The summed E-state index contributed by atoms with van der Waals surface area (Å²) in [4.78, 5) is 34.5. The fraction of sp³-hybridized carbons (Fsp3) is 0.136. The Bertz CT molecular complexity index is 1300. The summed E-state index contributed by atoms with van der Waals surface area (Å²) in [6.07, 6.45) is 0. The van der Waals surface area contributed by atoms with Crippen LogP contribution in [0.4, 0.5) is 27.1 Å². The number of nitrogens with one attached hydrogen (secondary N) is 1. The molecule has 0 saturated heterocycles. The first-order valence-corrected chi connectivity index (χ1v) is 9.44. The number of aromatic amines is 1. The van der Waals surface area contributed by atoms with Crippen LogP contribution in [-0.2, 0) is 0 Å². The maximum atomic E-state index is 13.7. The van der Waals surface area contributed by atoms with Crippen molar-refractivity contribution in [3.63, 3.8) is 0 Å². The zero-order chi connectivity index (χ0) is 21.6. The second-order valence-corrected chi connectivity index (χ2v) is 7.41. The van der Waals surface area contributed by atoms with Gasteiger partial charge >= 0.3 is 0 Å². The maximum absolute atomic E-state index is 13.7. The zero-order valence-electron chi connectivity index (χ0n) is 16.2. The number of nitrogens with zero attached hydrogens (tertiary/aromatic N) is 3. The van der Waals surface area contributed by atoms with Crippen molar-refractivity contribution < 1.29 is 9.18 Å². The van der Waals surface area contributed by atoms with E-state index < -0.39 is 0 Å². The minimum atomic E-state index is -0.365. The molecule has 1 N–H and O–H groups in total. The normalized spacial score (nSPS) is 13.2. The first-order chi connectivity index (χ1) is 14.3. The number of hydrogen-bond donors (Lipinski definition) is 1. The molecule has 0 bridgehead atoms. The van der Waals surface area contributed by atoms with Gasteiger partial charge in [0.2, 0.25) is 11.2 Å². The molecule has 2 heterocycles. The molecule has 4 rings (SSSR count). The smallest absolute Gasteiger partial charge is 0.261 e. The second kappa shape index (κ2) is 7.32. The molecule has 1 amide bonds. The molecule has 0 spiro atoms. The van der Waals surface area contributed by atoms with E-state index in [-0.39, 0.29) is 34.7 Å². The molecule has 3 aromatic rings. The molecule has 0 saturated carbocycles. The van der Waals surface area contributed by atoms with Gasteiger partial charge in [0.25, 0.3) is 5.91 Å². The SMILES string of the molecule is [C-]#[N+]c1cc2c(cc1Cl)C(=O)N(c1ccc(=O)[nH]c1C)CN2c1ccc(F)cc1C. The number of carbonyl (C=O) groups is 1. The first-order valence-electron chi connectivity index (χ1n) is 9.06. The van der Waals surface area contributed by atoms with Gasteiger partial charge < -0.3 is 9.88 Å². The molecule has 0 fully saturated rings. The number of aryl methyl sites for hydroxylation is 2. The number of pyridine rings is 1. The lowest BCUT2D eigenvalue weighted by Gasteiger charge is -2.39. The lowest BCUT2D eigenvalue weighted by Crippen LogP contribution is -2.45. The van der Waals surface area contributed by atoms with Crippen LogP contribution in [0.2, 0.25) is 5.02 Å². The van der Waals surface area contributed by atoms with E-state index in [9.17, 15) is 14.0 Å². The average Bonchev–Trinajstić information content (AvgIpc) is 2.69. The summed E-state index contributed by atoms with van der Waals surface area (Å²) < 4.78 is 13.7. The quantitative estimate of drug-likeness (QED) is 0.585. The number of amides is 1. The van der Waals surface area contributed by atoms with Crippen LogP contribution in [0.1, 0.15) is 21.6 Å². The van der Waals surface area contributed by atoms with Crippen molar-refractivity contribution in [2.75, 3.05) is 16.5 Å². The minimum absolute atomic E-state index is 0.115. The molecule has 0 radical (unpaired) electrons. The summed E-state index contributed by atoms with van der Waals surface area (Å²) in [5, 5.41) is 0.174. The van der Waals surface area contributed by atoms with Crippen LogP contribution < -0.4 is 15.4 Å². The highest BCUT2D eigenvalue weighted by molar-refractivity contribution is 6.34. The van der Waals surface area contributed by atoms with Crippen LogP contribution >= 0.6 is 11.6 Å². The fourth-order valence-electron chi connectivity index (χ4n) is 3.63. The van der Waals surface area contributed by atoms with E-state index in [0.29, 0.717) is 33.9 Å². The highest BCUT2D eigenvalue weighted by Crippen LogP contribution is 2.42. The molecule has 1 aliphatic rings. The van der Waals surface area contributed by atoms with Gasteiger partial charge in [0.05, 0.1) is 17.8 Å². The molecular weight excluding hydrogens is 407 g/mol. The largest absolute Gasteiger partial charge is 0.324 e. The van der Waals surface area contributed by atoms with Crippen LogP contribution in [-0.4, -0.2) is 17.6 Å². The van der Waals surface area contributed by atoms with Gasteiger partial charge in [-0.05, 0) is 55.8 Å². The number of halogens is 2. The second-order valence-electron chi connectivity index (χ2n) is 7.00. The van der Waals surface area contributed by atoms with Gasteiger partial charge in [-0.2, -0.15) is 0 Å². The van der Waals surface area contributed by atoms with Crippen molar-refractivity contribution >= 4 is 40.3 Å². The first kappa shape index (κ1) is 19.7. The van der Waals surface area contributed by atoms with Crippen molar-refractivity contribution in [3.05, 3.63) is 91.9 Å². The molecule has 150 valence electrons. The standard InChI is InChI=1S/C22H16ClFN4O2/c1-12-8-14(24)4-5-18(12)27-11-28(19-6-7-21(29)26-13(19)2)22(30)15-9-16(23)17(25-3)10-20(15)27/h4-10H,11H2,1-2H3,(H,26,29). The zero-order valence-corrected chi connectivity index (χ0v) is 16.9. The molecule has 0 aliphatic carbocycles. The summed E-state index contributed by atoms with van der Waals surface area (Å²) in [6.45, 7) is 11.0. The Morgan fingerprint density at radius 2 is 1.77 bits per heavy atom. The molecule has 8 heteroatoms. The predicted octanol–water partition coefficient (Wildman–Crippen LogP) is 5.09. The van der Waals surface area contributed by atoms with Crippen molar-refractivity contribution in [2.24, 2.45) is 0 Å². The number of anilines is 3. The van der Waals surface area contributed by atoms with E-state index in [4.69, 9.17) is 18.2 Å². The Kier molecular flexibility index (Phi) is 4.80. The molecule has 0 unspecified atom stereocenters. The lowest BCUT2D eigenvalue weighted by molar-refractivity contribution is 0.0983. The van der Waals surface area contributed by atoms with E-state index in [1.54, 1.807) is 32.0 Å². The third-order valence-corrected chi connectivity index (χ3v) is 5.37. The molecule has 0 atom stereocenters. The molecule has 30 heavy (non-hydrogen) atoms. The maximum Gasteiger partial charge on any atom is 0.261 e. The Balaban J connectivity index is 1.95. The number of hydrogen-bond acceptors (Lipinski definition) is 3. The van der Waals surface area contributed by atoms with Crippen molar-refractivity contribution in [1.29, 1.82) is 0 Å². The van der Waals surface area contributed by atoms with Gasteiger partial charge in [0.1, 0.15) is 12.5 Å². The Labute approximate surface area is 176 Å². The van der Waals surface area contributed by atoms with Gasteiger partial charge in [0.15, 0.2) is 0 Å². The predicted molar refractivity (Wildman–Crippen MR) is 114 cm³/mol. The average molecular weight is 423 g/mol. The molecule has 6 nitrogen and oxygen atoms in total. The lowest BCUT2D eigenvalue weighted by atomic mass is 10.0. The van der Waals surface area contributed by atoms with Gasteiger partial charge in [-0.3, -0.25) is 14.5 Å². The summed E-state index contributed by atoms with van der Waals surface area (Å²) in [5.41, 5.74) is 3.23. The number of rotatable bonds is 2. The monoisotopic (exact) mass is 422 g/mol. The highest BCUT2D eigenvalue weighted by Gasteiger charge is 2.33. The van der Waals surface area contributed by atoms with Crippen LogP contribution in [0, 0.1) is 26.2 Å². The van der Waals surface area contributed by atoms with Gasteiger partial charge in [-0.15, -0.1) is 0 Å². The van der Waals surface area contributed by atoms with Crippen LogP contribution in [0.15, 0.2) is 47.3 Å². The van der Waals surface area contributed by atoms with E-state index in [1.165, 1.54) is 29.2 Å². The van der Waals surface area contributed by atoms with Gasteiger partial charge in [-0.1, -0.05) is 11.6 Å². The van der Waals surface area contributed by atoms with E-state index in [0.717, 1.165) is 0 Å². The molecule has 2 aromatic carbocycles. The molecule has 1 aliphatic heterocycles. The van der Waals surface area contributed by atoms with Gasteiger partial charge in [-0.25, -0.2) is 9.24 Å². The van der Waals surface area contributed by atoms with Crippen molar-refractivity contribution in [2.45, 2.75) is 13.8 Å². The number of carbonyl (C=O) groups excluding carboxylic acids is 1. The van der Waals surface area contributed by atoms with E-state index in [2.05, 4.69) is 9.83 Å². The van der Waals surface area contributed by atoms with Crippen LogP contribution in [0.3, 0.4) is 0 Å². The van der Waals surface area contributed by atoms with Crippen LogP contribution in [0.25, 0.3) is 4.85 Å². The van der Waals surface area contributed by atoms with Crippen molar-refractivity contribution in [1.82, 2.24) is 4.98 Å². The Hall–Kier alpha value is -3.63. The summed E-state index contributed by atoms with van der Waals surface area (Å²) >= 11 is 6.22. The number of H-pyrrole nitrogens is 1. The Morgan fingerprint density at radius 3 is 2.43 bits per heavy atom. The summed E-state index contributed by atoms with van der Waals surface area (Å²) in [6, 6.07) is 10.4. The molecule has 1 aromatic heterocycles. The minimum Gasteiger partial charge on any atom is -0.324 e. The number of fused-ring (bicyclic) bond motifs is 1. The highest BCUT2D eigenvalue weighted by atomic mass is 35.5. The summed E-state index contributed by atoms with van der Waals surface area (Å²) in [7, 11) is 0. The number of benzene rings is 2. The third kappa shape index (κ3) is 3.21. The summed E-state index contributed by atoms with van der Waals surface area (Å²) in [5.74, 6) is -0.676. The molecular formula is C22H16ClFN4O2. The third-order valence-electron chi connectivity index (χ3n) is 5.06. The number of aromatic nitrogens is 1. The Morgan fingerprint density at radius 1 is 1.03 bits per heavy atom. The van der Waals surface area contributed by atoms with Crippen LogP contribution in [0.5, 0.6) is 0 Å². The fourth-order valence-corrected chi connectivity index (χ4v) is 3.84. The topological polar surface area (TPSA) is 60.8 Å². The van der Waals surface area contributed by atoms with Gasteiger partial charge in [0, 0.05) is 28.2 Å².